The van der Waals surface area contributed by atoms with Crippen molar-refractivity contribution in [3.63, 3.8) is 0 Å². The predicted molar refractivity (Wildman–Crippen MR) is 105 cm³/mol. The lowest BCUT2D eigenvalue weighted by atomic mass is 10.1. The molecule has 0 unspecified atom stereocenters. The van der Waals surface area contributed by atoms with Crippen LogP contribution in [0.1, 0.15) is 34.3 Å². The zero-order valence-corrected chi connectivity index (χ0v) is 17.1. The van der Waals surface area contributed by atoms with Gasteiger partial charge in [-0.1, -0.05) is 6.07 Å². The van der Waals surface area contributed by atoms with Gasteiger partial charge in [-0.2, -0.15) is 13.2 Å². The van der Waals surface area contributed by atoms with Crippen LogP contribution in [-0.2, 0) is 32.3 Å². The molecule has 1 fully saturated rings. The Hall–Kier alpha value is -3.08. The molecular weight excluding hydrogens is 437 g/mol. The summed E-state index contributed by atoms with van der Waals surface area (Å²) in [7, 11) is -3.24. The molecule has 1 aliphatic carbocycles. The Kier molecular flexibility index (Phi) is 6.25. The number of benzene rings is 2. The second kappa shape index (κ2) is 8.58. The van der Waals surface area contributed by atoms with Gasteiger partial charge in [-0.25, -0.2) is 13.2 Å². The fraction of sp³-hybridized carbons (Fsp3) is 0.300. The molecule has 2 aromatic rings. The number of carbonyl (C=O) groups is 2. The van der Waals surface area contributed by atoms with E-state index in [2.05, 4.69) is 14.8 Å². The predicted octanol–water partition coefficient (Wildman–Crippen LogP) is 3.32. The molecule has 31 heavy (non-hydrogen) atoms. The number of alkyl halides is 3. The summed E-state index contributed by atoms with van der Waals surface area (Å²) >= 11 is 0. The first kappa shape index (κ1) is 22.6. The number of amides is 1. The quantitative estimate of drug-likeness (QED) is 0.623. The summed E-state index contributed by atoms with van der Waals surface area (Å²) in [6, 6.07) is 7.30. The Morgan fingerprint density at radius 3 is 2.45 bits per heavy atom. The lowest BCUT2D eigenvalue weighted by molar-refractivity contribution is -0.137. The molecule has 0 heterocycles. The number of sulfonamides is 1. The van der Waals surface area contributed by atoms with Gasteiger partial charge in [0.2, 0.25) is 5.91 Å². The molecule has 0 spiro atoms. The average molecular weight is 456 g/mol. The second-order valence-electron chi connectivity index (χ2n) is 7.03. The normalized spacial score (nSPS) is 14.1. The van der Waals surface area contributed by atoms with E-state index in [-0.39, 0.29) is 29.6 Å². The van der Waals surface area contributed by atoms with Gasteiger partial charge in [-0.3, -0.25) is 9.52 Å². The summed E-state index contributed by atoms with van der Waals surface area (Å²) in [4.78, 5) is 23.2. The van der Waals surface area contributed by atoms with E-state index in [9.17, 15) is 31.2 Å². The minimum Gasteiger partial charge on any atom is -0.465 e. The third-order valence-electron chi connectivity index (χ3n) is 4.55. The maximum atomic E-state index is 12.9. The van der Waals surface area contributed by atoms with Crippen LogP contribution < -0.4 is 10.0 Å². The van der Waals surface area contributed by atoms with Crippen LogP contribution in [0.15, 0.2) is 47.4 Å². The smallest absolute Gasteiger partial charge is 0.416 e. The number of halogens is 3. The van der Waals surface area contributed by atoms with Crippen LogP contribution in [0, 0.1) is 5.92 Å². The average Bonchev–Trinajstić information content (AvgIpc) is 3.56. The maximum Gasteiger partial charge on any atom is 0.416 e. The van der Waals surface area contributed by atoms with Crippen molar-refractivity contribution in [2.45, 2.75) is 30.5 Å². The number of anilines is 1. The monoisotopic (exact) mass is 456 g/mol. The van der Waals surface area contributed by atoms with Crippen LogP contribution in [0.3, 0.4) is 0 Å². The number of methoxy groups -OCH3 is 1. The van der Waals surface area contributed by atoms with Crippen molar-refractivity contribution >= 4 is 27.6 Å². The van der Waals surface area contributed by atoms with Crippen LogP contribution in [0.4, 0.5) is 18.9 Å². The number of ether oxygens (including phenoxy) is 1. The highest BCUT2D eigenvalue weighted by Crippen LogP contribution is 2.31. The number of hydrogen-bond donors (Lipinski definition) is 2. The van der Waals surface area contributed by atoms with Crippen LogP contribution in [0.25, 0.3) is 0 Å². The van der Waals surface area contributed by atoms with Gasteiger partial charge in [-0.15, -0.1) is 0 Å². The minimum absolute atomic E-state index is 0.0161. The van der Waals surface area contributed by atoms with Crippen molar-refractivity contribution < 1.29 is 35.9 Å². The van der Waals surface area contributed by atoms with E-state index < -0.39 is 32.6 Å². The van der Waals surface area contributed by atoms with Crippen LogP contribution >= 0.6 is 0 Å². The molecule has 1 saturated carbocycles. The van der Waals surface area contributed by atoms with E-state index in [0.717, 1.165) is 38.2 Å². The number of rotatable bonds is 7. The van der Waals surface area contributed by atoms with Crippen molar-refractivity contribution in [3.05, 3.63) is 59.2 Å². The third kappa shape index (κ3) is 5.75. The second-order valence-corrected chi connectivity index (χ2v) is 8.72. The zero-order valence-electron chi connectivity index (χ0n) is 16.3. The Morgan fingerprint density at radius 1 is 1.13 bits per heavy atom. The van der Waals surface area contributed by atoms with Gasteiger partial charge in [0.1, 0.15) is 0 Å². The molecule has 166 valence electrons. The molecule has 7 nitrogen and oxygen atoms in total. The van der Waals surface area contributed by atoms with E-state index in [1.807, 2.05) is 0 Å². The first-order valence-corrected chi connectivity index (χ1v) is 10.7. The van der Waals surface area contributed by atoms with E-state index in [1.165, 1.54) is 18.2 Å². The third-order valence-corrected chi connectivity index (χ3v) is 5.93. The van der Waals surface area contributed by atoms with E-state index >= 15 is 0 Å². The van der Waals surface area contributed by atoms with Crippen molar-refractivity contribution in [2.75, 3.05) is 11.8 Å². The van der Waals surface area contributed by atoms with Crippen molar-refractivity contribution in [3.8, 4) is 0 Å². The Labute approximate surface area is 176 Å². The molecule has 1 amide bonds. The van der Waals surface area contributed by atoms with Crippen molar-refractivity contribution in [2.24, 2.45) is 5.92 Å². The van der Waals surface area contributed by atoms with Crippen LogP contribution in [0.2, 0.25) is 0 Å². The summed E-state index contributed by atoms with van der Waals surface area (Å²) in [5.41, 5.74) is -0.737. The fourth-order valence-corrected chi connectivity index (χ4v) is 3.91. The van der Waals surface area contributed by atoms with E-state index in [1.54, 1.807) is 0 Å². The van der Waals surface area contributed by atoms with Gasteiger partial charge in [0.05, 0.1) is 28.8 Å². The summed E-state index contributed by atoms with van der Waals surface area (Å²) < 4.78 is 70.9. The molecule has 11 heteroatoms. The Balaban J connectivity index is 1.88. The maximum absolute atomic E-state index is 12.9. The van der Waals surface area contributed by atoms with Gasteiger partial charge in [0.15, 0.2) is 0 Å². The topological polar surface area (TPSA) is 102 Å². The van der Waals surface area contributed by atoms with E-state index in [0.29, 0.717) is 11.6 Å². The first-order chi connectivity index (χ1) is 14.5. The molecule has 0 atom stereocenters. The molecule has 0 aliphatic heterocycles. The summed E-state index contributed by atoms with van der Waals surface area (Å²) in [6.07, 6.45) is -3.10. The molecule has 1 aliphatic rings. The zero-order chi connectivity index (χ0) is 22.8. The molecule has 2 N–H and O–H groups in total. The van der Waals surface area contributed by atoms with Gasteiger partial charge >= 0.3 is 12.1 Å². The summed E-state index contributed by atoms with van der Waals surface area (Å²) in [6.45, 7) is 0.0401. The lowest BCUT2D eigenvalue weighted by Gasteiger charge is -2.13. The highest BCUT2D eigenvalue weighted by atomic mass is 32.2. The molecule has 0 saturated heterocycles. The molecular formula is C20H19F3N2O5S. The Morgan fingerprint density at radius 2 is 1.84 bits per heavy atom. The number of carbonyl (C=O) groups excluding carboxylic acids is 2. The SMILES string of the molecule is COC(=O)c1cc(CNC(=O)C2CC2)cc(NS(=O)(=O)c2cccc(C(F)(F)F)c2)c1. The standard InChI is InChI=1S/C20H19F3N2O5S/c1-30-19(27)14-7-12(11-24-18(26)13-5-6-13)8-16(9-14)25-31(28,29)17-4-2-3-15(10-17)20(21,22)23/h2-4,7-10,13,25H,5-6,11H2,1H3,(H,24,26). The minimum atomic E-state index is -4.71. The molecule has 3 rings (SSSR count). The van der Waals surface area contributed by atoms with Crippen molar-refractivity contribution in [1.29, 1.82) is 0 Å². The fourth-order valence-electron chi connectivity index (χ4n) is 2.82. The van der Waals surface area contributed by atoms with Gasteiger partial charge in [0, 0.05) is 12.5 Å². The van der Waals surface area contributed by atoms with Gasteiger partial charge < -0.3 is 10.1 Å². The van der Waals surface area contributed by atoms with E-state index in [4.69, 9.17) is 0 Å². The van der Waals surface area contributed by atoms with Crippen LogP contribution in [0.5, 0.6) is 0 Å². The molecule has 0 radical (unpaired) electrons. The van der Waals surface area contributed by atoms with Gasteiger partial charge in [0.25, 0.3) is 10.0 Å². The van der Waals surface area contributed by atoms with Crippen molar-refractivity contribution in [1.82, 2.24) is 5.32 Å². The molecule has 2 aromatic carbocycles. The molecule has 0 aromatic heterocycles. The number of esters is 1. The number of hydrogen-bond acceptors (Lipinski definition) is 5. The molecule has 0 bridgehead atoms. The largest absolute Gasteiger partial charge is 0.465 e. The van der Waals surface area contributed by atoms with Gasteiger partial charge in [-0.05, 0) is 54.8 Å². The lowest BCUT2D eigenvalue weighted by Crippen LogP contribution is -2.24. The summed E-state index contributed by atoms with van der Waals surface area (Å²) in [5.74, 6) is -0.924. The first-order valence-electron chi connectivity index (χ1n) is 9.19. The Bertz CT molecular complexity index is 1110. The highest BCUT2D eigenvalue weighted by Gasteiger charge is 2.32. The highest BCUT2D eigenvalue weighted by molar-refractivity contribution is 7.92. The van der Waals surface area contributed by atoms with Crippen LogP contribution in [-0.4, -0.2) is 27.4 Å². The number of nitrogens with one attached hydrogen (secondary N) is 2. The summed E-state index contributed by atoms with van der Waals surface area (Å²) in [5, 5.41) is 2.70.